The van der Waals surface area contributed by atoms with Crippen LogP contribution in [0.15, 0.2) is 33.4 Å². The number of nitrogens with zero attached hydrogens (tertiary/aromatic N) is 3. The van der Waals surface area contributed by atoms with Gasteiger partial charge >= 0.3 is 0 Å². The van der Waals surface area contributed by atoms with Crippen molar-refractivity contribution in [2.45, 2.75) is 52.0 Å². The number of nitrogens with one attached hydrogen (secondary N) is 2. The summed E-state index contributed by atoms with van der Waals surface area (Å²) < 4.78 is 5.90. The minimum absolute atomic E-state index is 0.0166. The van der Waals surface area contributed by atoms with Gasteiger partial charge in [-0.3, -0.25) is 14.5 Å². The Balaban J connectivity index is 1.55. The predicted octanol–water partition coefficient (Wildman–Crippen LogP) is 3.99. The smallest absolute Gasteiger partial charge is 0.242 e. The quantitative estimate of drug-likeness (QED) is 0.595. The number of anilines is 2. The van der Waals surface area contributed by atoms with Gasteiger partial charge in [-0.15, -0.1) is 0 Å². The number of halogens is 1. The van der Waals surface area contributed by atoms with Gasteiger partial charge < -0.3 is 15.2 Å². The molecule has 2 aromatic heterocycles. The first-order chi connectivity index (χ1) is 14.5. The lowest BCUT2D eigenvalue weighted by Gasteiger charge is -2.36. The highest BCUT2D eigenvalue weighted by Crippen LogP contribution is 2.23. The molecule has 8 nitrogen and oxygen atoms in total. The van der Waals surface area contributed by atoms with Crippen LogP contribution in [-0.2, 0) is 9.59 Å². The maximum absolute atomic E-state index is 12.9. The van der Waals surface area contributed by atoms with Gasteiger partial charge in [0.05, 0.1) is 6.04 Å². The van der Waals surface area contributed by atoms with Gasteiger partial charge in [0.25, 0.3) is 0 Å². The van der Waals surface area contributed by atoms with E-state index in [1.54, 1.807) is 25.3 Å². The molecule has 0 aliphatic carbocycles. The zero-order valence-corrected chi connectivity index (χ0v) is 18.9. The van der Waals surface area contributed by atoms with Crippen molar-refractivity contribution < 1.29 is 14.1 Å². The Labute approximate surface area is 184 Å². The first-order valence-corrected chi connectivity index (χ1v) is 11.2. The van der Waals surface area contributed by atoms with E-state index in [1.807, 2.05) is 6.07 Å². The molecule has 0 bridgehead atoms. The van der Waals surface area contributed by atoms with Crippen LogP contribution in [0.3, 0.4) is 0 Å². The number of pyridine rings is 1. The largest absolute Gasteiger partial charge is 0.360 e. The number of likely N-dealkylation sites (tertiary alicyclic amines) is 1. The highest BCUT2D eigenvalue weighted by Gasteiger charge is 2.32. The average molecular weight is 478 g/mol. The zero-order valence-electron chi connectivity index (χ0n) is 17.4. The fourth-order valence-corrected chi connectivity index (χ4v) is 3.90. The van der Waals surface area contributed by atoms with E-state index in [0.717, 1.165) is 23.7 Å². The van der Waals surface area contributed by atoms with Crippen LogP contribution in [0, 0.1) is 12.8 Å². The van der Waals surface area contributed by atoms with Gasteiger partial charge in [-0.05, 0) is 67.3 Å². The second kappa shape index (κ2) is 10.7. The van der Waals surface area contributed by atoms with E-state index in [4.69, 9.17) is 4.52 Å². The van der Waals surface area contributed by atoms with Crippen molar-refractivity contribution >= 4 is 39.4 Å². The number of piperidine rings is 1. The minimum atomic E-state index is -0.237. The fourth-order valence-electron chi connectivity index (χ4n) is 3.66. The van der Waals surface area contributed by atoms with Gasteiger partial charge in [-0.1, -0.05) is 24.9 Å². The molecule has 1 fully saturated rings. The van der Waals surface area contributed by atoms with Crippen molar-refractivity contribution in [3.05, 3.63) is 34.6 Å². The average Bonchev–Trinajstić information content (AvgIpc) is 3.15. The predicted molar refractivity (Wildman–Crippen MR) is 118 cm³/mol. The van der Waals surface area contributed by atoms with Crippen LogP contribution in [0.5, 0.6) is 0 Å². The lowest BCUT2D eigenvalue weighted by atomic mass is 9.93. The zero-order chi connectivity index (χ0) is 21.5. The molecule has 0 radical (unpaired) electrons. The number of carbonyl (C=O) groups excluding carboxylic acids is 2. The molecule has 3 rings (SSSR count). The van der Waals surface area contributed by atoms with E-state index >= 15 is 0 Å². The summed E-state index contributed by atoms with van der Waals surface area (Å²) in [4.78, 5) is 31.9. The highest BCUT2D eigenvalue weighted by molar-refractivity contribution is 9.10. The van der Waals surface area contributed by atoms with Crippen LogP contribution < -0.4 is 10.6 Å². The van der Waals surface area contributed by atoms with E-state index < -0.39 is 0 Å². The van der Waals surface area contributed by atoms with Crippen LogP contribution in [0.1, 0.15) is 44.8 Å². The second-order valence-electron chi connectivity index (χ2n) is 7.63. The van der Waals surface area contributed by atoms with E-state index in [1.165, 1.54) is 0 Å². The Morgan fingerprint density at radius 3 is 2.63 bits per heavy atom. The number of carbonyl (C=O) groups is 2. The first kappa shape index (κ1) is 22.4. The Morgan fingerprint density at radius 1 is 1.27 bits per heavy atom. The van der Waals surface area contributed by atoms with Gasteiger partial charge in [0, 0.05) is 22.7 Å². The van der Waals surface area contributed by atoms with Crippen molar-refractivity contribution in [1.29, 1.82) is 0 Å². The molecule has 1 unspecified atom stereocenters. The van der Waals surface area contributed by atoms with E-state index in [9.17, 15) is 9.59 Å². The third kappa shape index (κ3) is 6.12. The van der Waals surface area contributed by atoms with Crippen LogP contribution in [0.4, 0.5) is 11.6 Å². The Morgan fingerprint density at radius 2 is 2.03 bits per heavy atom. The topological polar surface area (TPSA) is 100 Å². The van der Waals surface area contributed by atoms with Crippen molar-refractivity contribution in [1.82, 2.24) is 15.0 Å². The number of aryl methyl sites for hydroxylation is 1. The van der Waals surface area contributed by atoms with Crippen LogP contribution >= 0.6 is 15.9 Å². The second-order valence-corrected chi connectivity index (χ2v) is 8.55. The van der Waals surface area contributed by atoms with E-state index in [0.29, 0.717) is 43.3 Å². The number of rotatable bonds is 8. The fraction of sp³-hybridized carbons (Fsp3) is 0.524. The van der Waals surface area contributed by atoms with Crippen molar-refractivity contribution in [2.75, 3.05) is 23.7 Å². The van der Waals surface area contributed by atoms with Gasteiger partial charge in [0.15, 0.2) is 5.82 Å². The Hall–Kier alpha value is -2.26. The third-order valence-electron chi connectivity index (χ3n) is 5.33. The molecular formula is C21H28BrN5O3. The summed E-state index contributed by atoms with van der Waals surface area (Å²) in [5, 5.41) is 9.61. The molecule has 1 saturated heterocycles. The van der Waals surface area contributed by atoms with Crippen molar-refractivity contribution in [3.8, 4) is 0 Å². The maximum Gasteiger partial charge on any atom is 0.242 e. The summed E-state index contributed by atoms with van der Waals surface area (Å²) >= 11 is 3.34. The maximum atomic E-state index is 12.9. The highest BCUT2D eigenvalue weighted by atomic mass is 79.9. The molecule has 2 aromatic rings. The molecule has 1 atom stereocenters. The number of amides is 2. The molecule has 3 heterocycles. The van der Waals surface area contributed by atoms with Gasteiger partial charge in [-0.2, -0.15) is 0 Å². The van der Waals surface area contributed by atoms with E-state index in [-0.39, 0.29) is 23.8 Å². The summed E-state index contributed by atoms with van der Waals surface area (Å²) in [7, 11) is 0. The minimum Gasteiger partial charge on any atom is -0.360 e. The van der Waals surface area contributed by atoms with Crippen LogP contribution in [0.25, 0.3) is 0 Å². The van der Waals surface area contributed by atoms with Crippen LogP contribution in [0.2, 0.25) is 0 Å². The lowest BCUT2D eigenvalue weighted by Crippen LogP contribution is -2.49. The number of hydrogen-bond donors (Lipinski definition) is 2. The molecule has 1 aliphatic rings. The Kier molecular flexibility index (Phi) is 7.98. The van der Waals surface area contributed by atoms with Gasteiger partial charge in [-0.25, -0.2) is 4.98 Å². The normalized spacial score (nSPS) is 16.2. The van der Waals surface area contributed by atoms with Crippen molar-refractivity contribution in [2.24, 2.45) is 5.92 Å². The molecule has 30 heavy (non-hydrogen) atoms. The van der Waals surface area contributed by atoms with Crippen LogP contribution in [-0.4, -0.2) is 46.0 Å². The summed E-state index contributed by atoms with van der Waals surface area (Å²) in [6.07, 6.45) is 5.84. The van der Waals surface area contributed by atoms with Gasteiger partial charge in [0.1, 0.15) is 11.6 Å². The lowest BCUT2D eigenvalue weighted by molar-refractivity contribution is -0.124. The Bertz CT molecular complexity index is 847. The summed E-state index contributed by atoms with van der Waals surface area (Å²) in [5.74, 6) is 1.47. The number of hydrogen-bond acceptors (Lipinski definition) is 6. The molecule has 1 aliphatic heterocycles. The summed E-state index contributed by atoms with van der Waals surface area (Å²) in [6.45, 7) is 5.30. The number of unbranched alkanes of at least 4 members (excludes halogenated alkanes) is 1. The standard InChI is InChI=1S/C21H28BrN5O3/c1-3-4-5-17(21(29)25-19-12-14(2)30-26-19)27-10-8-15(9-11-27)20(28)24-18-7-6-16(22)13-23-18/h6-7,12-13,15,17H,3-5,8-11H2,1-2H3,(H,23,24,28)(H,25,26,29). The molecule has 162 valence electrons. The number of aromatic nitrogens is 2. The monoisotopic (exact) mass is 477 g/mol. The molecule has 2 N–H and O–H groups in total. The van der Waals surface area contributed by atoms with Gasteiger partial charge in [0.2, 0.25) is 11.8 Å². The molecule has 0 saturated carbocycles. The molecule has 0 spiro atoms. The summed E-state index contributed by atoms with van der Waals surface area (Å²) in [6, 6.07) is 5.09. The molecule has 0 aromatic carbocycles. The molecular weight excluding hydrogens is 450 g/mol. The third-order valence-corrected chi connectivity index (χ3v) is 5.80. The van der Waals surface area contributed by atoms with E-state index in [2.05, 4.69) is 48.5 Å². The summed E-state index contributed by atoms with van der Waals surface area (Å²) in [5.41, 5.74) is 0. The molecule has 9 heteroatoms. The van der Waals surface area contributed by atoms with Crippen molar-refractivity contribution in [3.63, 3.8) is 0 Å². The SMILES string of the molecule is CCCCC(C(=O)Nc1cc(C)on1)N1CCC(C(=O)Nc2ccc(Br)cn2)CC1. The first-order valence-electron chi connectivity index (χ1n) is 10.4. The molecule has 2 amide bonds.